The number of nitrogens with one attached hydrogen (secondary N) is 1. The number of aliphatic hydroxyl groups is 1. The van der Waals surface area contributed by atoms with Gasteiger partial charge in [0.15, 0.2) is 0 Å². The van der Waals surface area contributed by atoms with Crippen molar-refractivity contribution in [3.63, 3.8) is 0 Å². The lowest BCUT2D eigenvalue weighted by Crippen LogP contribution is -2.47. The van der Waals surface area contributed by atoms with Crippen LogP contribution in [-0.4, -0.2) is 23.8 Å². The van der Waals surface area contributed by atoms with Crippen molar-refractivity contribution in [2.75, 3.05) is 6.61 Å². The van der Waals surface area contributed by atoms with E-state index in [2.05, 4.69) is 5.32 Å². The fraction of sp³-hybridized carbons (Fsp3) is 0.625. The van der Waals surface area contributed by atoms with Gasteiger partial charge in [-0.3, -0.25) is 0 Å². The van der Waals surface area contributed by atoms with Gasteiger partial charge in [0.2, 0.25) is 0 Å². The predicted octanol–water partition coefficient (Wildman–Crippen LogP) is 2.82. The maximum Gasteiger partial charge on any atom is 0.123 e. The van der Waals surface area contributed by atoms with Crippen LogP contribution in [0.3, 0.4) is 0 Å². The van der Waals surface area contributed by atoms with Crippen LogP contribution < -0.4 is 5.32 Å². The quantitative estimate of drug-likeness (QED) is 0.875. The van der Waals surface area contributed by atoms with Crippen LogP contribution in [-0.2, 0) is 0 Å². The number of hydrogen-bond donors (Lipinski definition) is 2. The third-order valence-corrected chi connectivity index (χ3v) is 4.82. The Morgan fingerprint density at radius 3 is 2.58 bits per heavy atom. The molecule has 2 N–H and O–H groups in total. The Bertz CT molecular complexity index is 413. The van der Waals surface area contributed by atoms with Crippen LogP contribution in [0.2, 0.25) is 0 Å². The van der Waals surface area contributed by atoms with Gasteiger partial charge in [-0.05, 0) is 55.2 Å². The Morgan fingerprint density at radius 1 is 1.16 bits per heavy atom. The highest BCUT2D eigenvalue weighted by Crippen LogP contribution is 2.38. The molecule has 2 aliphatic carbocycles. The first-order valence-corrected chi connectivity index (χ1v) is 7.38. The van der Waals surface area contributed by atoms with E-state index in [4.69, 9.17) is 0 Å². The van der Waals surface area contributed by atoms with Crippen molar-refractivity contribution < 1.29 is 9.50 Å². The van der Waals surface area contributed by atoms with Crippen molar-refractivity contribution >= 4 is 0 Å². The van der Waals surface area contributed by atoms with E-state index < -0.39 is 0 Å². The molecule has 0 amide bonds. The number of benzene rings is 1. The molecule has 1 aromatic rings. The van der Waals surface area contributed by atoms with Crippen LogP contribution in [0.5, 0.6) is 0 Å². The molecule has 19 heavy (non-hydrogen) atoms. The molecule has 2 fully saturated rings. The van der Waals surface area contributed by atoms with Gasteiger partial charge < -0.3 is 10.4 Å². The molecule has 2 nitrogen and oxygen atoms in total. The normalized spacial score (nSPS) is 34.2. The summed E-state index contributed by atoms with van der Waals surface area (Å²) < 4.78 is 12.9. The Morgan fingerprint density at radius 2 is 1.89 bits per heavy atom. The predicted molar refractivity (Wildman–Crippen MR) is 73.5 cm³/mol. The summed E-state index contributed by atoms with van der Waals surface area (Å²) in [4.78, 5) is 0. The second-order valence-corrected chi connectivity index (χ2v) is 6.06. The molecule has 0 aromatic heterocycles. The van der Waals surface area contributed by atoms with E-state index in [1.165, 1.54) is 18.4 Å². The van der Waals surface area contributed by atoms with Crippen molar-refractivity contribution in [1.29, 1.82) is 0 Å². The van der Waals surface area contributed by atoms with Gasteiger partial charge in [0.25, 0.3) is 0 Å². The summed E-state index contributed by atoms with van der Waals surface area (Å²) in [5, 5.41) is 13.0. The molecular weight excluding hydrogens is 241 g/mol. The fourth-order valence-electron chi connectivity index (χ4n) is 3.54. The molecule has 2 unspecified atom stereocenters. The van der Waals surface area contributed by atoms with Crippen molar-refractivity contribution in [2.45, 2.75) is 50.1 Å². The first-order chi connectivity index (χ1) is 9.26. The van der Waals surface area contributed by atoms with E-state index in [1.54, 1.807) is 12.1 Å². The highest BCUT2D eigenvalue weighted by molar-refractivity contribution is 5.23. The minimum Gasteiger partial charge on any atom is -0.396 e. The lowest BCUT2D eigenvalue weighted by Gasteiger charge is -2.39. The van der Waals surface area contributed by atoms with Crippen molar-refractivity contribution in [3.8, 4) is 0 Å². The van der Waals surface area contributed by atoms with Crippen molar-refractivity contribution in [2.24, 2.45) is 5.92 Å². The third kappa shape index (κ3) is 2.82. The lowest BCUT2D eigenvalue weighted by molar-refractivity contribution is 0.179. The summed E-state index contributed by atoms with van der Waals surface area (Å²) in [7, 11) is 0. The summed E-state index contributed by atoms with van der Waals surface area (Å²) in [5.41, 5.74) is 1.25. The van der Waals surface area contributed by atoms with Crippen LogP contribution in [0.25, 0.3) is 0 Å². The molecule has 3 heteroatoms. The topological polar surface area (TPSA) is 32.3 Å². The largest absolute Gasteiger partial charge is 0.396 e. The molecule has 3 rings (SSSR count). The molecular formula is C16H22FNO. The molecule has 0 radical (unpaired) electrons. The van der Waals surface area contributed by atoms with Gasteiger partial charge in [-0.2, -0.15) is 0 Å². The smallest absolute Gasteiger partial charge is 0.123 e. The maximum absolute atomic E-state index is 12.9. The summed E-state index contributed by atoms with van der Waals surface area (Å²) in [6, 6.07) is 7.99. The van der Waals surface area contributed by atoms with E-state index in [0.717, 1.165) is 19.3 Å². The van der Waals surface area contributed by atoms with Crippen LogP contribution >= 0.6 is 0 Å². The lowest BCUT2D eigenvalue weighted by atomic mass is 9.75. The van der Waals surface area contributed by atoms with Gasteiger partial charge in [-0.25, -0.2) is 4.39 Å². The average molecular weight is 263 g/mol. The van der Waals surface area contributed by atoms with Crippen LogP contribution in [0.1, 0.15) is 43.6 Å². The van der Waals surface area contributed by atoms with Gasteiger partial charge in [0, 0.05) is 18.7 Å². The zero-order chi connectivity index (χ0) is 13.2. The maximum atomic E-state index is 12.9. The van der Waals surface area contributed by atoms with Crippen molar-refractivity contribution in [3.05, 3.63) is 35.6 Å². The van der Waals surface area contributed by atoms with E-state index in [9.17, 15) is 9.50 Å². The van der Waals surface area contributed by atoms with E-state index in [-0.39, 0.29) is 5.82 Å². The van der Waals surface area contributed by atoms with Gasteiger partial charge >= 0.3 is 0 Å². The van der Waals surface area contributed by atoms with E-state index in [0.29, 0.717) is 30.5 Å². The molecule has 0 saturated heterocycles. The average Bonchev–Trinajstić information content (AvgIpc) is 2.82. The minimum atomic E-state index is -0.158. The van der Waals surface area contributed by atoms with Crippen molar-refractivity contribution in [1.82, 2.24) is 5.32 Å². The minimum absolute atomic E-state index is 0.158. The van der Waals surface area contributed by atoms with Crippen LogP contribution in [0, 0.1) is 11.7 Å². The Balaban J connectivity index is 1.49. The van der Waals surface area contributed by atoms with Gasteiger partial charge in [0.1, 0.15) is 5.82 Å². The second-order valence-electron chi connectivity index (χ2n) is 6.06. The first-order valence-electron chi connectivity index (χ1n) is 7.38. The number of rotatable bonds is 4. The number of halogens is 1. The summed E-state index contributed by atoms with van der Waals surface area (Å²) in [6.45, 7) is 0.311. The highest BCUT2D eigenvalue weighted by Gasteiger charge is 2.35. The fourth-order valence-corrected chi connectivity index (χ4v) is 3.54. The third-order valence-electron chi connectivity index (χ3n) is 4.82. The van der Waals surface area contributed by atoms with Gasteiger partial charge in [-0.15, -0.1) is 0 Å². The zero-order valence-corrected chi connectivity index (χ0v) is 11.2. The van der Waals surface area contributed by atoms with Crippen LogP contribution in [0.15, 0.2) is 24.3 Å². The second kappa shape index (κ2) is 5.59. The number of hydrogen-bond acceptors (Lipinski definition) is 2. The zero-order valence-electron chi connectivity index (χ0n) is 11.2. The van der Waals surface area contributed by atoms with E-state index in [1.807, 2.05) is 12.1 Å². The molecule has 0 bridgehead atoms. The molecule has 0 heterocycles. The molecule has 2 atom stereocenters. The molecule has 2 aliphatic rings. The summed E-state index contributed by atoms with van der Waals surface area (Å²) in [6.07, 6.45) is 5.86. The summed E-state index contributed by atoms with van der Waals surface area (Å²) >= 11 is 0. The molecule has 2 saturated carbocycles. The van der Waals surface area contributed by atoms with Gasteiger partial charge in [-0.1, -0.05) is 18.6 Å². The molecule has 0 spiro atoms. The number of aliphatic hydroxyl groups excluding tert-OH is 1. The molecule has 104 valence electrons. The Labute approximate surface area is 114 Å². The van der Waals surface area contributed by atoms with E-state index >= 15 is 0 Å². The Hall–Kier alpha value is -0.930. The van der Waals surface area contributed by atoms with Crippen LogP contribution in [0.4, 0.5) is 4.39 Å². The van der Waals surface area contributed by atoms with Gasteiger partial charge in [0.05, 0.1) is 0 Å². The standard InChI is InChI=1S/C16H22FNO/c17-14-6-4-11(5-7-14)13-8-15(9-13)18-16-3-1-2-12(16)10-19/h4-7,12-13,15-16,18-19H,1-3,8-10H2. The highest BCUT2D eigenvalue weighted by atomic mass is 19.1. The Kier molecular flexibility index (Phi) is 3.85. The molecule has 0 aliphatic heterocycles. The monoisotopic (exact) mass is 263 g/mol. The first kappa shape index (κ1) is 13.1. The summed E-state index contributed by atoms with van der Waals surface area (Å²) in [5.74, 6) is 0.867. The molecule has 1 aromatic carbocycles. The SMILES string of the molecule is OCC1CCCC1NC1CC(c2ccc(F)cc2)C1.